The third-order valence-electron chi connectivity index (χ3n) is 4.38. The van der Waals surface area contributed by atoms with Crippen LogP contribution in [0.15, 0.2) is 35.7 Å². The fraction of sp³-hybridized carbons (Fsp3) is 0.444. The summed E-state index contributed by atoms with van der Waals surface area (Å²) in [5, 5.41) is 2.52. The van der Waals surface area contributed by atoms with E-state index in [1.807, 2.05) is 32.0 Å². The summed E-state index contributed by atoms with van der Waals surface area (Å²) >= 11 is 0. The van der Waals surface area contributed by atoms with Crippen LogP contribution < -0.4 is 5.32 Å². The van der Waals surface area contributed by atoms with Gasteiger partial charge < -0.3 is 10.1 Å². The normalized spacial score (nSPS) is 17.4. The molecule has 8 heteroatoms. The van der Waals surface area contributed by atoms with E-state index < -0.39 is 21.5 Å². The zero-order valence-corrected chi connectivity index (χ0v) is 15.8. The summed E-state index contributed by atoms with van der Waals surface area (Å²) < 4.78 is 32.4. The molecule has 2 aromatic rings. The lowest BCUT2D eigenvalue weighted by Crippen LogP contribution is -2.36. The number of hydrogen-bond acceptors (Lipinski definition) is 5. The van der Waals surface area contributed by atoms with Gasteiger partial charge in [0.25, 0.3) is 0 Å². The van der Waals surface area contributed by atoms with Crippen LogP contribution >= 0.6 is 0 Å². The van der Waals surface area contributed by atoms with Crippen LogP contribution in [0.4, 0.5) is 0 Å². The lowest BCUT2D eigenvalue weighted by Gasteiger charge is -2.13. The van der Waals surface area contributed by atoms with Gasteiger partial charge in [-0.25, -0.2) is 13.4 Å². The van der Waals surface area contributed by atoms with Crippen LogP contribution in [-0.4, -0.2) is 48.9 Å². The number of rotatable bonds is 6. The number of aryl methyl sites for hydroxylation is 2. The number of benzene rings is 1. The second-order valence-electron chi connectivity index (χ2n) is 6.57. The van der Waals surface area contributed by atoms with Crippen molar-refractivity contribution in [2.75, 3.05) is 18.9 Å². The molecule has 1 N–H and O–H groups in total. The molecule has 1 amide bonds. The molecular formula is C18H23N3O4S. The number of carbonyl (C=O) groups excluding carboxylic acids is 1. The molecule has 26 heavy (non-hydrogen) atoms. The van der Waals surface area contributed by atoms with Gasteiger partial charge in [0.2, 0.25) is 20.9 Å². The summed E-state index contributed by atoms with van der Waals surface area (Å²) in [5.41, 5.74) is 2.67. The Hall–Kier alpha value is -2.19. The SMILES string of the molecule is Cc1ccc(C)c(-n2ccnc2S(=O)(=O)CC(=O)NCC2CCCO2)c1. The molecule has 1 aromatic heterocycles. The van der Waals surface area contributed by atoms with Gasteiger partial charge in [-0.2, -0.15) is 0 Å². The van der Waals surface area contributed by atoms with E-state index in [1.165, 1.54) is 10.8 Å². The second-order valence-corrected chi connectivity index (χ2v) is 8.45. The standard InChI is InChI=1S/C18H23N3O4S/c1-13-5-6-14(2)16(10-13)21-8-7-19-18(21)26(23,24)12-17(22)20-11-15-4-3-9-25-15/h5-8,10,15H,3-4,9,11-12H2,1-2H3,(H,20,22). The molecule has 0 saturated carbocycles. The number of carbonyl (C=O) groups is 1. The number of sulfone groups is 1. The number of hydrogen-bond donors (Lipinski definition) is 1. The van der Waals surface area contributed by atoms with Gasteiger partial charge in [0.15, 0.2) is 0 Å². The third-order valence-corrected chi connectivity index (χ3v) is 5.88. The Kier molecular flexibility index (Phi) is 5.43. The van der Waals surface area contributed by atoms with Crippen LogP contribution in [0.5, 0.6) is 0 Å². The summed E-state index contributed by atoms with van der Waals surface area (Å²) in [6, 6.07) is 5.78. The first-order valence-electron chi connectivity index (χ1n) is 8.59. The lowest BCUT2D eigenvalue weighted by molar-refractivity contribution is -0.119. The Balaban J connectivity index is 1.76. The first kappa shape index (κ1) is 18.6. The number of imidazole rings is 1. The van der Waals surface area contributed by atoms with Gasteiger partial charge in [0, 0.05) is 25.5 Å². The van der Waals surface area contributed by atoms with Gasteiger partial charge in [-0.1, -0.05) is 12.1 Å². The number of nitrogens with one attached hydrogen (secondary N) is 1. The van der Waals surface area contributed by atoms with E-state index in [1.54, 1.807) is 6.20 Å². The predicted octanol–water partition coefficient (Wildman–Crippen LogP) is 1.56. The minimum Gasteiger partial charge on any atom is -0.376 e. The Morgan fingerprint density at radius 1 is 1.38 bits per heavy atom. The molecule has 1 unspecified atom stereocenters. The number of amides is 1. The fourth-order valence-corrected chi connectivity index (χ4v) is 4.26. The summed E-state index contributed by atoms with van der Waals surface area (Å²) in [6.07, 6.45) is 4.84. The van der Waals surface area contributed by atoms with Crippen molar-refractivity contribution in [3.63, 3.8) is 0 Å². The van der Waals surface area contributed by atoms with Gasteiger partial charge in [0.05, 0.1) is 11.8 Å². The molecule has 0 bridgehead atoms. The van der Waals surface area contributed by atoms with E-state index in [0.29, 0.717) is 13.2 Å². The summed E-state index contributed by atoms with van der Waals surface area (Å²) in [5.74, 6) is -1.18. The van der Waals surface area contributed by atoms with Crippen LogP contribution in [-0.2, 0) is 19.4 Å². The Labute approximate surface area is 153 Å². The summed E-state index contributed by atoms with van der Waals surface area (Å²) in [4.78, 5) is 16.1. The van der Waals surface area contributed by atoms with Crippen molar-refractivity contribution in [1.29, 1.82) is 0 Å². The van der Waals surface area contributed by atoms with Crippen LogP contribution in [0.1, 0.15) is 24.0 Å². The highest BCUT2D eigenvalue weighted by Crippen LogP contribution is 2.20. The monoisotopic (exact) mass is 377 g/mol. The molecule has 1 aromatic carbocycles. The molecular weight excluding hydrogens is 354 g/mol. The average Bonchev–Trinajstić information content (AvgIpc) is 3.26. The quantitative estimate of drug-likeness (QED) is 0.825. The summed E-state index contributed by atoms with van der Waals surface area (Å²) in [7, 11) is -3.87. The molecule has 1 aliphatic heterocycles. The summed E-state index contributed by atoms with van der Waals surface area (Å²) in [6.45, 7) is 4.86. The molecule has 1 saturated heterocycles. The van der Waals surface area contributed by atoms with Gasteiger partial charge in [-0.05, 0) is 43.9 Å². The van der Waals surface area contributed by atoms with Crippen molar-refractivity contribution in [2.24, 2.45) is 0 Å². The lowest BCUT2D eigenvalue weighted by atomic mass is 10.1. The van der Waals surface area contributed by atoms with Crippen molar-refractivity contribution in [2.45, 2.75) is 37.9 Å². The Bertz CT molecular complexity index is 899. The predicted molar refractivity (Wildman–Crippen MR) is 97.1 cm³/mol. The van der Waals surface area contributed by atoms with Crippen LogP contribution in [0.2, 0.25) is 0 Å². The number of aromatic nitrogens is 2. The first-order chi connectivity index (χ1) is 12.4. The van der Waals surface area contributed by atoms with E-state index in [4.69, 9.17) is 4.74 Å². The molecule has 2 heterocycles. The highest BCUT2D eigenvalue weighted by Gasteiger charge is 2.26. The van der Waals surface area contributed by atoms with E-state index in [-0.39, 0.29) is 11.3 Å². The molecule has 1 fully saturated rings. The molecule has 7 nitrogen and oxygen atoms in total. The maximum Gasteiger partial charge on any atom is 0.235 e. The smallest absolute Gasteiger partial charge is 0.235 e. The van der Waals surface area contributed by atoms with E-state index >= 15 is 0 Å². The molecule has 0 spiro atoms. The van der Waals surface area contributed by atoms with E-state index in [9.17, 15) is 13.2 Å². The largest absolute Gasteiger partial charge is 0.376 e. The van der Waals surface area contributed by atoms with Gasteiger partial charge in [0.1, 0.15) is 5.75 Å². The van der Waals surface area contributed by atoms with Gasteiger partial charge in [-0.15, -0.1) is 0 Å². The maximum absolute atomic E-state index is 12.7. The van der Waals surface area contributed by atoms with Crippen LogP contribution in [0, 0.1) is 13.8 Å². The van der Waals surface area contributed by atoms with Crippen LogP contribution in [0.3, 0.4) is 0 Å². The molecule has 140 valence electrons. The first-order valence-corrected chi connectivity index (χ1v) is 10.2. The van der Waals surface area contributed by atoms with Crippen molar-refractivity contribution < 1.29 is 17.9 Å². The van der Waals surface area contributed by atoms with Crippen molar-refractivity contribution in [3.8, 4) is 5.69 Å². The minimum absolute atomic E-state index is 0.0291. The van der Waals surface area contributed by atoms with Gasteiger partial charge in [-0.3, -0.25) is 9.36 Å². The second kappa shape index (κ2) is 7.59. The maximum atomic E-state index is 12.7. The van der Waals surface area contributed by atoms with Crippen molar-refractivity contribution in [1.82, 2.24) is 14.9 Å². The molecule has 3 rings (SSSR count). The number of nitrogens with zero attached hydrogens (tertiary/aromatic N) is 2. The topological polar surface area (TPSA) is 90.3 Å². The molecule has 0 radical (unpaired) electrons. The minimum atomic E-state index is -3.87. The molecule has 1 aliphatic rings. The van der Waals surface area contributed by atoms with Crippen molar-refractivity contribution in [3.05, 3.63) is 41.7 Å². The Morgan fingerprint density at radius 3 is 2.92 bits per heavy atom. The zero-order valence-electron chi connectivity index (χ0n) is 14.9. The highest BCUT2D eigenvalue weighted by molar-refractivity contribution is 7.92. The van der Waals surface area contributed by atoms with Crippen LogP contribution in [0.25, 0.3) is 5.69 Å². The molecule has 0 aliphatic carbocycles. The highest BCUT2D eigenvalue weighted by atomic mass is 32.2. The van der Waals surface area contributed by atoms with E-state index in [0.717, 1.165) is 29.7 Å². The zero-order chi connectivity index (χ0) is 18.7. The third kappa shape index (κ3) is 4.13. The Morgan fingerprint density at radius 2 is 2.19 bits per heavy atom. The molecule has 1 atom stereocenters. The average molecular weight is 377 g/mol. The fourth-order valence-electron chi connectivity index (χ4n) is 3.00. The van der Waals surface area contributed by atoms with Crippen molar-refractivity contribution >= 4 is 15.7 Å². The number of ether oxygens (including phenoxy) is 1. The van der Waals surface area contributed by atoms with Gasteiger partial charge >= 0.3 is 0 Å². The van der Waals surface area contributed by atoms with E-state index in [2.05, 4.69) is 10.3 Å².